The average molecular weight is 330 g/mol. The van der Waals surface area contributed by atoms with Crippen LogP contribution in [0.3, 0.4) is 0 Å². The van der Waals surface area contributed by atoms with Crippen molar-refractivity contribution in [3.05, 3.63) is 29.8 Å². The molecule has 1 aliphatic carbocycles. The molecule has 1 saturated carbocycles. The van der Waals surface area contributed by atoms with Crippen molar-refractivity contribution in [1.82, 2.24) is 5.32 Å². The summed E-state index contributed by atoms with van der Waals surface area (Å²) in [6, 6.07) is 7.31. The molecule has 0 aromatic heterocycles. The zero-order valence-corrected chi connectivity index (χ0v) is 15.3. The van der Waals surface area contributed by atoms with Gasteiger partial charge in [0, 0.05) is 24.2 Å². The molecule has 1 aromatic rings. The van der Waals surface area contributed by atoms with Crippen molar-refractivity contribution in [2.45, 2.75) is 65.8 Å². The minimum Gasteiger partial charge on any atom is -0.349 e. The number of anilines is 1. The van der Waals surface area contributed by atoms with Crippen LogP contribution in [0.5, 0.6) is 0 Å². The zero-order chi connectivity index (χ0) is 17.7. The van der Waals surface area contributed by atoms with Gasteiger partial charge in [-0.25, -0.2) is 0 Å². The maximum atomic E-state index is 12.4. The van der Waals surface area contributed by atoms with Gasteiger partial charge >= 0.3 is 0 Å². The van der Waals surface area contributed by atoms with Crippen molar-refractivity contribution in [1.29, 1.82) is 0 Å². The summed E-state index contributed by atoms with van der Waals surface area (Å²) in [5.74, 6) is 0.620. The van der Waals surface area contributed by atoms with Gasteiger partial charge in [-0.05, 0) is 61.3 Å². The first-order chi connectivity index (χ1) is 11.3. The van der Waals surface area contributed by atoms with Crippen molar-refractivity contribution in [2.75, 3.05) is 5.32 Å². The first-order valence-electron chi connectivity index (χ1n) is 9.00. The van der Waals surface area contributed by atoms with E-state index in [4.69, 9.17) is 0 Å². The highest BCUT2D eigenvalue weighted by Crippen LogP contribution is 2.40. The summed E-state index contributed by atoms with van der Waals surface area (Å²) < 4.78 is 0. The van der Waals surface area contributed by atoms with Crippen LogP contribution in [0.1, 0.15) is 70.2 Å². The lowest BCUT2D eigenvalue weighted by Crippen LogP contribution is -2.39. The molecule has 24 heavy (non-hydrogen) atoms. The minimum absolute atomic E-state index is 0.0254. The third-order valence-corrected chi connectivity index (χ3v) is 5.55. The monoisotopic (exact) mass is 330 g/mol. The van der Waals surface area contributed by atoms with Gasteiger partial charge in [0.05, 0.1) is 0 Å². The second kappa shape index (κ2) is 7.82. The zero-order valence-electron chi connectivity index (χ0n) is 15.3. The summed E-state index contributed by atoms with van der Waals surface area (Å²) >= 11 is 0. The second-order valence-electron chi connectivity index (χ2n) is 7.62. The Morgan fingerprint density at radius 1 is 1.08 bits per heavy atom. The molecule has 0 radical (unpaired) electrons. The molecule has 1 aromatic carbocycles. The van der Waals surface area contributed by atoms with E-state index in [2.05, 4.69) is 31.4 Å². The van der Waals surface area contributed by atoms with Crippen LogP contribution in [0.4, 0.5) is 5.69 Å². The van der Waals surface area contributed by atoms with E-state index in [0.29, 0.717) is 16.7 Å². The Hall–Kier alpha value is -1.84. The molecule has 4 nitrogen and oxygen atoms in total. The molecule has 2 N–H and O–H groups in total. The largest absolute Gasteiger partial charge is 0.349 e. The first-order valence-corrected chi connectivity index (χ1v) is 9.00. The predicted molar refractivity (Wildman–Crippen MR) is 98.0 cm³/mol. The number of hydrogen-bond acceptors (Lipinski definition) is 2. The van der Waals surface area contributed by atoms with Gasteiger partial charge < -0.3 is 10.6 Å². The third-order valence-electron chi connectivity index (χ3n) is 5.55. The summed E-state index contributed by atoms with van der Waals surface area (Å²) in [5.41, 5.74) is 1.75. The summed E-state index contributed by atoms with van der Waals surface area (Å²) in [6.07, 6.45) is 5.70. The van der Waals surface area contributed by atoms with Gasteiger partial charge in [0.1, 0.15) is 0 Å². The van der Waals surface area contributed by atoms with E-state index >= 15 is 0 Å². The van der Waals surface area contributed by atoms with Gasteiger partial charge in [0.2, 0.25) is 5.91 Å². The van der Waals surface area contributed by atoms with Crippen molar-refractivity contribution >= 4 is 17.5 Å². The molecule has 1 aliphatic rings. The smallest absolute Gasteiger partial charge is 0.251 e. The van der Waals surface area contributed by atoms with E-state index in [0.717, 1.165) is 18.8 Å². The maximum Gasteiger partial charge on any atom is 0.251 e. The van der Waals surface area contributed by atoms with Crippen molar-refractivity contribution < 1.29 is 9.59 Å². The van der Waals surface area contributed by atoms with Crippen molar-refractivity contribution in [3.63, 3.8) is 0 Å². The van der Waals surface area contributed by atoms with Crippen molar-refractivity contribution in [2.24, 2.45) is 11.3 Å². The molecular formula is C20H30N2O2. The Bertz CT molecular complexity index is 570. The fraction of sp³-hybridized carbons (Fsp3) is 0.600. The van der Waals surface area contributed by atoms with Crippen molar-refractivity contribution in [3.8, 4) is 0 Å². The summed E-state index contributed by atoms with van der Waals surface area (Å²) in [4.78, 5) is 23.4. The Morgan fingerprint density at radius 3 is 2.17 bits per heavy atom. The SMILES string of the molecule is CCC(C)(C)C1CCC(NC(=O)c2ccc(NC(C)=O)cc2)CC1. The highest BCUT2D eigenvalue weighted by molar-refractivity contribution is 5.95. The van der Waals surface area contributed by atoms with Gasteiger partial charge in [0.15, 0.2) is 0 Å². The van der Waals surface area contributed by atoms with E-state index in [1.807, 2.05) is 0 Å². The van der Waals surface area contributed by atoms with E-state index in [1.165, 1.54) is 26.2 Å². The van der Waals surface area contributed by atoms with E-state index in [1.54, 1.807) is 24.3 Å². The highest BCUT2D eigenvalue weighted by atomic mass is 16.2. The van der Waals surface area contributed by atoms with Gasteiger partial charge in [-0.3, -0.25) is 9.59 Å². The number of benzene rings is 1. The molecule has 2 rings (SSSR count). The lowest BCUT2D eigenvalue weighted by Gasteiger charge is -2.39. The van der Waals surface area contributed by atoms with Crippen LogP contribution in [0.25, 0.3) is 0 Å². The van der Waals surface area contributed by atoms with Gasteiger partial charge in [-0.2, -0.15) is 0 Å². The normalized spacial score (nSPS) is 21.2. The quantitative estimate of drug-likeness (QED) is 0.842. The molecule has 0 aliphatic heterocycles. The fourth-order valence-corrected chi connectivity index (χ4v) is 3.48. The molecule has 0 bridgehead atoms. The average Bonchev–Trinajstić information content (AvgIpc) is 2.55. The third kappa shape index (κ3) is 4.83. The van der Waals surface area contributed by atoms with Crippen LogP contribution >= 0.6 is 0 Å². The van der Waals surface area contributed by atoms with Gasteiger partial charge in [0.25, 0.3) is 5.91 Å². The summed E-state index contributed by atoms with van der Waals surface area (Å²) in [7, 11) is 0. The van der Waals surface area contributed by atoms with E-state index in [-0.39, 0.29) is 17.9 Å². The summed E-state index contributed by atoms with van der Waals surface area (Å²) in [6.45, 7) is 8.44. The number of rotatable bonds is 5. The number of carbonyl (C=O) groups excluding carboxylic acids is 2. The Balaban J connectivity index is 1.86. The number of nitrogens with one attached hydrogen (secondary N) is 2. The van der Waals surface area contributed by atoms with Crippen LogP contribution in [-0.4, -0.2) is 17.9 Å². The fourth-order valence-electron chi connectivity index (χ4n) is 3.48. The Labute approximate surface area is 145 Å². The lowest BCUT2D eigenvalue weighted by atomic mass is 9.69. The second-order valence-corrected chi connectivity index (χ2v) is 7.62. The van der Waals surface area contributed by atoms with E-state index < -0.39 is 0 Å². The molecule has 2 amide bonds. The molecule has 0 saturated heterocycles. The minimum atomic E-state index is -0.112. The molecule has 0 unspecified atom stereocenters. The molecule has 0 atom stereocenters. The Morgan fingerprint density at radius 2 is 1.67 bits per heavy atom. The lowest BCUT2D eigenvalue weighted by molar-refractivity contribution is -0.114. The molecule has 0 heterocycles. The highest BCUT2D eigenvalue weighted by Gasteiger charge is 2.32. The number of carbonyl (C=O) groups is 2. The molecule has 1 fully saturated rings. The van der Waals surface area contributed by atoms with Gasteiger partial charge in [-0.1, -0.05) is 27.2 Å². The van der Waals surface area contributed by atoms with Crippen LogP contribution in [0, 0.1) is 11.3 Å². The van der Waals surface area contributed by atoms with Crippen LogP contribution in [-0.2, 0) is 4.79 Å². The van der Waals surface area contributed by atoms with Crippen LogP contribution in [0.15, 0.2) is 24.3 Å². The topological polar surface area (TPSA) is 58.2 Å². The molecule has 132 valence electrons. The molecule has 0 spiro atoms. The maximum absolute atomic E-state index is 12.4. The number of hydrogen-bond donors (Lipinski definition) is 2. The standard InChI is InChI=1S/C20H30N2O2/c1-5-20(3,4)16-8-12-18(13-9-16)22-19(24)15-6-10-17(11-7-15)21-14(2)23/h6-7,10-11,16,18H,5,8-9,12-13H2,1-4H3,(H,21,23)(H,22,24). The summed E-state index contributed by atoms with van der Waals surface area (Å²) in [5, 5.41) is 5.87. The van der Waals surface area contributed by atoms with E-state index in [9.17, 15) is 9.59 Å². The van der Waals surface area contributed by atoms with Crippen LogP contribution in [0.2, 0.25) is 0 Å². The predicted octanol–water partition coefficient (Wildman–Crippen LogP) is 4.37. The molecular weight excluding hydrogens is 300 g/mol. The van der Waals surface area contributed by atoms with Gasteiger partial charge in [-0.15, -0.1) is 0 Å². The Kier molecular flexibility index (Phi) is 6.03. The first kappa shape index (κ1) is 18.5. The number of amides is 2. The van der Waals surface area contributed by atoms with Crippen LogP contribution < -0.4 is 10.6 Å². The molecule has 4 heteroatoms.